The molecule has 0 fully saturated rings. The molecule has 23 heavy (non-hydrogen) atoms. The SMILES string of the molecule is CC(C)[C@@H](NC(=O)c1cccc(OC(F)F)c1)c1ccccc1. The fourth-order valence-electron chi connectivity index (χ4n) is 2.33. The molecule has 0 saturated carbocycles. The van der Waals surface area contributed by atoms with Crippen LogP contribution in [0.15, 0.2) is 54.6 Å². The Kier molecular flexibility index (Phi) is 5.68. The minimum absolute atomic E-state index is 0.0338. The highest BCUT2D eigenvalue weighted by molar-refractivity contribution is 5.94. The average molecular weight is 319 g/mol. The molecule has 0 aliphatic heterocycles. The van der Waals surface area contributed by atoms with Crippen molar-refractivity contribution in [2.24, 2.45) is 5.92 Å². The van der Waals surface area contributed by atoms with Crippen molar-refractivity contribution in [2.75, 3.05) is 0 Å². The summed E-state index contributed by atoms with van der Waals surface area (Å²) in [7, 11) is 0. The van der Waals surface area contributed by atoms with Gasteiger partial charge in [0.05, 0.1) is 6.04 Å². The lowest BCUT2D eigenvalue weighted by Gasteiger charge is -2.23. The summed E-state index contributed by atoms with van der Waals surface area (Å²) in [5.74, 6) is -0.178. The van der Waals surface area contributed by atoms with E-state index < -0.39 is 6.61 Å². The average Bonchev–Trinajstić information content (AvgIpc) is 2.52. The molecule has 122 valence electrons. The zero-order chi connectivity index (χ0) is 16.8. The topological polar surface area (TPSA) is 38.3 Å². The number of carbonyl (C=O) groups excluding carboxylic acids is 1. The summed E-state index contributed by atoms with van der Waals surface area (Å²) in [6, 6.07) is 15.2. The predicted molar refractivity (Wildman–Crippen MR) is 84.6 cm³/mol. The van der Waals surface area contributed by atoms with Gasteiger partial charge in [-0.2, -0.15) is 8.78 Å². The van der Waals surface area contributed by atoms with Gasteiger partial charge < -0.3 is 10.1 Å². The van der Waals surface area contributed by atoms with Gasteiger partial charge in [0.2, 0.25) is 0 Å². The Bertz CT molecular complexity index is 644. The predicted octanol–water partition coefficient (Wildman–Crippen LogP) is 4.42. The Hall–Kier alpha value is -2.43. The van der Waals surface area contributed by atoms with Crippen LogP contribution in [-0.4, -0.2) is 12.5 Å². The second-order valence-corrected chi connectivity index (χ2v) is 5.51. The van der Waals surface area contributed by atoms with Crippen LogP contribution >= 0.6 is 0 Å². The number of hydrogen-bond acceptors (Lipinski definition) is 2. The first-order valence-corrected chi connectivity index (χ1v) is 7.38. The van der Waals surface area contributed by atoms with Gasteiger partial charge in [0.25, 0.3) is 5.91 Å². The van der Waals surface area contributed by atoms with Crippen molar-refractivity contribution in [3.63, 3.8) is 0 Å². The molecule has 5 heteroatoms. The summed E-state index contributed by atoms with van der Waals surface area (Å²) < 4.78 is 28.9. The summed E-state index contributed by atoms with van der Waals surface area (Å²) in [6.07, 6.45) is 0. The molecule has 0 aliphatic rings. The van der Waals surface area contributed by atoms with Crippen molar-refractivity contribution in [1.82, 2.24) is 5.32 Å². The number of carbonyl (C=O) groups is 1. The molecule has 1 amide bonds. The van der Waals surface area contributed by atoms with Crippen molar-refractivity contribution < 1.29 is 18.3 Å². The molecule has 0 saturated heterocycles. The highest BCUT2D eigenvalue weighted by Crippen LogP contribution is 2.23. The molecule has 0 spiro atoms. The summed E-state index contributed by atoms with van der Waals surface area (Å²) >= 11 is 0. The standard InChI is InChI=1S/C18H19F2NO2/c1-12(2)16(13-7-4-3-5-8-13)21-17(22)14-9-6-10-15(11-14)23-18(19)20/h3-12,16,18H,1-2H3,(H,21,22)/t16-/m1/s1. The number of halogens is 2. The van der Waals surface area contributed by atoms with Crippen LogP contribution < -0.4 is 10.1 Å². The fourth-order valence-corrected chi connectivity index (χ4v) is 2.33. The van der Waals surface area contributed by atoms with E-state index in [1.807, 2.05) is 44.2 Å². The smallest absolute Gasteiger partial charge is 0.387 e. The molecule has 3 nitrogen and oxygen atoms in total. The number of rotatable bonds is 6. The van der Waals surface area contributed by atoms with Crippen molar-refractivity contribution in [1.29, 1.82) is 0 Å². The number of nitrogens with one attached hydrogen (secondary N) is 1. The van der Waals surface area contributed by atoms with Gasteiger partial charge in [-0.1, -0.05) is 50.2 Å². The molecule has 1 N–H and O–H groups in total. The van der Waals surface area contributed by atoms with Crippen LogP contribution in [0, 0.1) is 5.92 Å². The number of amides is 1. The van der Waals surface area contributed by atoms with Gasteiger partial charge in [-0.15, -0.1) is 0 Å². The van der Waals surface area contributed by atoms with E-state index in [2.05, 4.69) is 10.1 Å². The number of alkyl halides is 2. The molecule has 1 atom stereocenters. The van der Waals surface area contributed by atoms with E-state index in [1.165, 1.54) is 18.2 Å². The lowest BCUT2D eigenvalue weighted by Crippen LogP contribution is -2.31. The number of ether oxygens (including phenoxy) is 1. The lowest BCUT2D eigenvalue weighted by atomic mass is 9.95. The van der Waals surface area contributed by atoms with E-state index >= 15 is 0 Å². The first-order valence-electron chi connectivity index (χ1n) is 7.38. The molecule has 0 heterocycles. The minimum atomic E-state index is -2.92. The van der Waals surface area contributed by atoms with E-state index in [0.29, 0.717) is 0 Å². The fraction of sp³-hybridized carbons (Fsp3) is 0.278. The summed E-state index contributed by atoms with van der Waals surface area (Å²) in [5.41, 5.74) is 1.28. The molecule has 0 bridgehead atoms. The second-order valence-electron chi connectivity index (χ2n) is 5.51. The van der Waals surface area contributed by atoms with Crippen molar-refractivity contribution >= 4 is 5.91 Å². The minimum Gasteiger partial charge on any atom is -0.435 e. The largest absolute Gasteiger partial charge is 0.435 e. The van der Waals surface area contributed by atoms with Gasteiger partial charge in [0, 0.05) is 5.56 Å². The van der Waals surface area contributed by atoms with Crippen LogP contribution in [0.2, 0.25) is 0 Å². The normalized spacial score (nSPS) is 12.3. The second kappa shape index (κ2) is 7.72. The Labute approximate surface area is 134 Å². The van der Waals surface area contributed by atoms with Crippen LogP contribution in [-0.2, 0) is 0 Å². The van der Waals surface area contributed by atoms with Crippen LogP contribution in [0.25, 0.3) is 0 Å². The number of hydrogen-bond donors (Lipinski definition) is 1. The third-order valence-corrected chi connectivity index (χ3v) is 3.43. The number of benzene rings is 2. The summed E-state index contributed by atoms with van der Waals surface area (Å²) in [6.45, 7) is 1.10. The quantitative estimate of drug-likeness (QED) is 0.856. The van der Waals surface area contributed by atoms with Gasteiger partial charge in [0.1, 0.15) is 5.75 Å². The summed E-state index contributed by atoms with van der Waals surface area (Å²) in [4.78, 5) is 12.4. The Balaban J connectivity index is 2.16. The molecule has 0 aliphatic carbocycles. The molecule has 2 aromatic rings. The molecular weight excluding hydrogens is 300 g/mol. The Morgan fingerprint density at radius 3 is 2.35 bits per heavy atom. The monoisotopic (exact) mass is 319 g/mol. The van der Waals surface area contributed by atoms with Gasteiger partial charge in [-0.05, 0) is 29.7 Å². The maximum atomic E-state index is 12.4. The van der Waals surface area contributed by atoms with E-state index in [1.54, 1.807) is 6.07 Å². The van der Waals surface area contributed by atoms with Crippen molar-refractivity contribution in [3.8, 4) is 5.75 Å². The zero-order valence-electron chi connectivity index (χ0n) is 13.0. The summed E-state index contributed by atoms with van der Waals surface area (Å²) in [5, 5.41) is 2.95. The van der Waals surface area contributed by atoms with Gasteiger partial charge in [-0.25, -0.2) is 0 Å². The van der Waals surface area contributed by atoms with E-state index in [9.17, 15) is 13.6 Å². The zero-order valence-corrected chi connectivity index (χ0v) is 13.0. The van der Waals surface area contributed by atoms with Crippen LogP contribution in [0.3, 0.4) is 0 Å². The molecule has 0 aromatic heterocycles. The van der Waals surface area contributed by atoms with Crippen LogP contribution in [0.1, 0.15) is 35.8 Å². The lowest BCUT2D eigenvalue weighted by molar-refractivity contribution is -0.0498. The Morgan fingerprint density at radius 2 is 1.74 bits per heavy atom. The molecular formula is C18H19F2NO2. The molecule has 2 aromatic carbocycles. The van der Waals surface area contributed by atoms with Crippen LogP contribution in [0.5, 0.6) is 5.75 Å². The van der Waals surface area contributed by atoms with E-state index in [-0.39, 0.29) is 29.2 Å². The van der Waals surface area contributed by atoms with Crippen molar-refractivity contribution in [2.45, 2.75) is 26.5 Å². The third-order valence-electron chi connectivity index (χ3n) is 3.43. The molecule has 0 unspecified atom stereocenters. The third kappa shape index (κ3) is 4.77. The highest BCUT2D eigenvalue weighted by Gasteiger charge is 2.19. The Morgan fingerprint density at radius 1 is 1.04 bits per heavy atom. The van der Waals surface area contributed by atoms with E-state index in [0.717, 1.165) is 5.56 Å². The van der Waals surface area contributed by atoms with Gasteiger partial charge in [-0.3, -0.25) is 4.79 Å². The highest BCUT2D eigenvalue weighted by atomic mass is 19.3. The van der Waals surface area contributed by atoms with E-state index in [4.69, 9.17) is 0 Å². The van der Waals surface area contributed by atoms with Crippen molar-refractivity contribution in [3.05, 3.63) is 65.7 Å². The van der Waals surface area contributed by atoms with Gasteiger partial charge in [0.15, 0.2) is 0 Å². The maximum Gasteiger partial charge on any atom is 0.387 e. The van der Waals surface area contributed by atoms with Gasteiger partial charge >= 0.3 is 6.61 Å². The molecule has 0 radical (unpaired) electrons. The molecule has 2 rings (SSSR count). The first kappa shape index (κ1) is 16.9. The maximum absolute atomic E-state index is 12.4. The van der Waals surface area contributed by atoms with Crippen LogP contribution in [0.4, 0.5) is 8.78 Å². The first-order chi connectivity index (χ1) is 11.0.